The Bertz CT molecular complexity index is 548. The number of rotatable bonds is 2. The predicted molar refractivity (Wildman–Crippen MR) is 69.9 cm³/mol. The van der Waals surface area contributed by atoms with Crippen LogP contribution in [0.3, 0.4) is 0 Å². The first-order valence-corrected chi connectivity index (χ1v) is 5.91. The SMILES string of the molecule is Cc1cccc(C=CC(=O)N2CC(=O)NC(=O)C2)c1. The Morgan fingerprint density at radius 2 is 1.95 bits per heavy atom. The van der Waals surface area contributed by atoms with Gasteiger partial charge in [-0.15, -0.1) is 0 Å². The Hall–Kier alpha value is -2.43. The lowest BCUT2D eigenvalue weighted by Crippen LogP contribution is -2.52. The van der Waals surface area contributed by atoms with Crippen molar-refractivity contribution in [2.45, 2.75) is 6.92 Å². The van der Waals surface area contributed by atoms with E-state index in [0.717, 1.165) is 11.1 Å². The highest BCUT2D eigenvalue weighted by Gasteiger charge is 2.24. The normalized spacial score (nSPS) is 15.7. The van der Waals surface area contributed by atoms with Gasteiger partial charge in [-0.2, -0.15) is 0 Å². The zero-order valence-electron chi connectivity index (χ0n) is 10.6. The predicted octanol–water partition coefficient (Wildman–Crippen LogP) is 0.493. The number of benzene rings is 1. The zero-order chi connectivity index (χ0) is 13.8. The summed E-state index contributed by atoms with van der Waals surface area (Å²) in [5.41, 5.74) is 2.00. The lowest BCUT2D eigenvalue weighted by molar-refractivity contribution is -0.143. The highest BCUT2D eigenvalue weighted by Crippen LogP contribution is 2.06. The van der Waals surface area contributed by atoms with E-state index in [9.17, 15) is 14.4 Å². The van der Waals surface area contributed by atoms with Gasteiger partial charge in [0.2, 0.25) is 17.7 Å². The Balaban J connectivity index is 2.04. The summed E-state index contributed by atoms with van der Waals surface area (Å²) in [5, 5.41) is 2.15. The van der Waals surface area contributed by atoms with E-state index in [1.807, 2.05) is 31.2 Å². The van der Waals surface area contributed by atoms with Crippen LogP contribution in [0.15, 0.2) is 30.3 Å². The first kappa shape index (κ1) is 13.0. The Morgan fingerprint density at radius 1 is 1.26 bits per heavy atom. The molecule has 0 spiro atoms. The minimum atomic E-state index is -0.450. The maximum atomic E-state index is 11.9. The van der Waals surface area contributed by atoms with Crippen LogP contribution in [0.25, 0.3) is 6.08 Å². The lowest BCUT2D eigenvalue weighted by Gasteiger charge is -2.24. The second kappa shape index (κ2) is 5.48. The first-order valence-electron chi connectivity index (χ1n) is 5.91. The quantitative estimate of drug-likeness (QED) is 0.620. The second-order valence-electron chi connectivity index (χ2n) is 4.41. The number of aryl methyl sites for hydroxylation is 1. The van der Waals surface area contributed by atoms with Crippen molar-refractivity contribution in [3.63, 3.8) is 0 Å². The third-order valence-electron chi connectivity index (χ3n) is 2.72. The maximum absolute atomic E-state index is 11.9. The largest absolute Gasteiger partial charge is 0.321 e. The third kappa shape index (κ3) is 3.51. The molecule has 0 bridgehead atoms. The molecule has 1 aromatic carbocycles. The van der Waals surface area contributed by atoms with Crippen LogP contribution in [-0.2, 0) is 14.4 Å². The second-order valence-corrected chi connectivity index (χ2v) is 4.41. The zero-order valence-corrected chi connectivity index (χ0v) is 10.6. The average molecular weight is 258 g/mol. The van der Waals surface area contributed by atoms with Gasteiger partial charge in [0.15, 0.2) is 0 Å². The molecule has 1 N–H and O–H groups in total. The molecule has 1 saturated heterocycles. The van der Waals surface area contributed by atoms with Crippen LogP contribution in [0.5, 0.6) is 0 Å². The molecule has 98 valence electrons. The number of imide groups is 1. The van der Waals surface area contributed by atoms with Gasteiger partial charge in [-0.25, -0.2) is 0 Å². The minimum Gasteiger partial charge on any atom is -0.321 e. The van der Waals surface area contributed by atoms with Gasteiger partial charge in [0, 0.05) is 6.08 Å². The van der Waals surface area contributed by atoms with Crippen LogP contribution in [0.1, 0.15) is 11.1 Å². The van der Waals surface area contributed by atoms with Gasteiger partial charge in [-0.05, 0) is 18.6 Å². The van der Waals surface area contributed by atoms with E-state index in [2.05, 4.69) is 5.32 Å². The summed E-state index contributed by atoms with van der Waals surface area (Å²) < 4.78 is 0. The van der Waals surface area contributed by atoms with Crippen molar-refractivity contribution in [3.05, 3.63) is 41.5 Å². The van der Waals surface area contributed by atoms with Crippen molar-refractivity contribution in [1.29, 1.82) is 0 Å². The van der Waals surface area contributed by atoms with Crippen LogP contribution in [-0.4, -0.2) is 35.7 Å². The molecule has 1 fully saturated rings. The van der Waals surface area contributed by atoms with Gasteiger partial charge in [0.05, 0.1) is 0 Å². The molecule has 1 aliphatic heterocycles. The number of nitrogens with zero attached hydrogens (tertiary/aromatic N) is 1. The monoisotopic (exact) mass is 258 g/mol. The molecule has 1 aliphatic rings. The van der Waals surface area contributed by atoms with Crippen molar-refractivity contribution in [1.82, 2.24) is 10.2 Å². The van der Waals surface area contributed by atoms with Crippen LogP contribution >= 0.6 is 0 Å². The van der Waals surface area contributed by atoms with E-state index in [-0.39, 0.29) is 19.0 Å². The van der Waals surface area contributed by atoms with Crippen molar-refractivity contribution < 1.29 is 14.4 Å². The van der Waals surface area contributed by atoms with Gasteiger partial charge in [0.25, 0.3) is 0 Å². The molecule has 3 amide bonds. The van der Waals surface area contributed by atoms with Gasteiger partial charge >= 0.3 is 0 Å². The maximum Gasteiger partial charge on any atom is 0.247 e. The summed E-state index contributed by atoms with van der Waals surface area (Å²) in [6, 6.07) is 7.69. The average Bonchev–Trinajstić information content (AvgIpc) is 2.35. The first-order chi connectivity index (χ1) is 9.04. The highest BCUT2D eigenvalue weighted by atomic mass is 16.2. The van der Waals surface area contributed by atoms with Crippen molar-refractivity contribution in [2.75, 3.05) is 13.1 Å². The number of hydrogen-bond acceptors (Lipinski definition) is 3. The van der Waals surface area contributed by atoms with Gasteiger partial charge in [-0.3, -0.25) is 19.7 Å². The smallest absolute Gasteiger partial charge is 0.247 e. The molecule has 0 aliphatic carbocycles. The standard InChI is InChI=1S/C14H14N2O3/c1-10-3-2-4-11(7-10)5-6-14(19)16-8-12(17)15-13(18)9-16/h2-7H,8-9H2,1H3,(H,15,17,18). The molecule has 0 aromatic heterocycles. The molecule has 1 heterocycles. The summed E-state index contributed by atoms with van der Waals surface area (Å²) in [4.78, 5) is 35.4. The number of amides is 3. The summed E-state index contributed by atoms with van der Waals surface area (Å²) >= 11 is 0. The van der Waals surface area contributed by atoms with E-state index in [0.29, 0.717) is 0 Å². The molecule has 0 atom stereocenters. The Labute approximate surface area is 110 Å². The third-order valence-corrected chi connectivity index (χ3v) is 2.72. The number of carbonyl (C=O) groups is 3. The van der Waals surface area contributed by atoms with Gasteiger partial charge in [0.1, 0.15) is 13.1 Å². The fourth-order valence-corrected chi connectivity index (χ4v) is 1.84. The molecule has 0 saturated carbocycles. The minimum absolute atomic E-state index is 0.0806. The molecule has 5 heteroatoms. The van der Waals surface area contributed by atoms with Crippen molar-refractivity contribution in [3.8, 4) is 0 Å². The molecule has 0 radical (unpaired) electrons. The summed E-state index contributed by atoms with van der Waals surface area (Å²) in [6.07, 6.45) is 3.05. The molecule has 19 heavy (non-hydrogen) atoms. The summed E-state index contributed by atoms with van der Waals surface area (Å²) in [5.74, 6) is -1.24. The van der Waals surface area contributed by atoms with Gasteiger partial charge in [-0.1, -0.05) is 29.8 Å². The topological polar surface area (TPSA) is 66.5 Å². The van der Waals surface area contributed by atoms with Crippen molar-refractivity contribution in [2.24, 2.45) is 0 Å². The number of nitrogens with one attached hydrogen (secondary N) is 1. The van der Waals surface area contributed by atoms with Crippen molar-refractivity contribution >= 4 is 23.8 Å². The molecule has 1 aromatic rings. The summed E-state index contributed by atoms with van der Waals surface area (Å²) in [7, 11) is 0. The van der Waals surface area contributed by atoms with E-state index in [1.54, 1.807) is 6.08 Å². The molecule has 5 nitrogen and oxygen atoms in total. The van der Waals surface area contributed by atoms with E-state index >= 15 is 0 Å². The molecular weight excluding hydrogens is 244 g/mol. The van der Waals surface area contributed by atoms with E-state index in [1.165, 1.54) is 11.0 Å². The van der Waals surface area contributed by atoms with Gasteiger partial charge < -0.3 is 4.90 Å². The number of piperazine rings is 1. The fraction of sp³-hybridized carbons (Fsp3) is 0.214. The lowest BCUT2D eigenvalue weighted by atomic mass is 10.1. The van der Waals surface area contributed by atoms with Crippen LogP contribution in [0.2, 0.25) is 0 Å². The fourth-order valence-electron chi connectivity index (χ4n) is 1.84. The summed E-state index contributed by atoms with van der Waals surface area (Å²) in [6.45, 7) is 1.80. The Kier molecular flexibility index (Phi) is 3.75. The van der Waals surface area contributed by atoms with E-state index < -0.39 is 11.8 Å². The molecule has 0 unspecified atom stereocenters. The molecular formula is C14H14N2O3. The van der Waals surface area contributed by atoms with Crippen LogP contribution in [0, 0.1) is 6.92 Å². The number of hydrogen-bond donors (Lipinski definition) is 1. The highest BCUT2D eigenvalue weighted by molar-refractivity contribution is 6.04. The number of carbonyl (C=O) groups excluding carboxylic acids is 3. The van der Waals surface area contributed by atoms with Crippen LogP contribution in [0.4, 0.5) is 0 Å². The Morgan fingerprint density at radius 3 is 2.58 bits per heavy atom. The van der Waals surface area contributed by atoms with Crippen LogP contribution < -0.4 is 5.32 Å². The molecule has 2 rings (SSSR count). The van der Waals surface area contributed by atoms with E-state index in [4.69, 9.17) is 0 Å².